The van der Waals surface area contributed by atoms with Crippen molar-refractivity contribution in [2.45, 2.75) is 19.8 Å². The molecule has 0 spiro atoms. The highest BCUT2D eigenvalue weighted by Crippen LogP contribution is 2.26. The molecule has 1 aliphatic rings. The Labute approximate surface area is 181 Å². The molecule has 0 saturated heterocycles. The van der Waals surface area contributed by atoms with Crippen molar-refractivity contribution in [3.63, 3.8) is 0 Å². The van der Waals surface area contributed by atoms with Crippen molar-refractivity contribution < 1.29 is 9.53 Å². The SMILES string of the molecule is CCSCCCC1CN(C(=O)Nc2ccc(OC)cc2)N=C1c1ccc(Cl)cc1. The van der Waals surface area contributed by atoms with Crippen molar-refractivity contribution in [3.05, 3.63) is 59.1 Å². The number of nitrogens with zero attached hydrogens (tertiary/aromatic N) is 2. The third-order valence-corrected chi connectivity index (χ3v) is 6.01. The Morgan fingerprint density at radius 1 is 1.24 bits per heavy atom. The number of amides is 2. The van der Waals surface area contributed by atoms with Crippen LogP contribution in [0.3, 0.4) is 0 Å². The lowest BCUT2D eigenvalue weighted by Gasteiger charge is -2.15. The van der Waals surface area contributed by atoms with Gasteiger partial charge in [-0.15, -0.1) is 0 Å². The number of carbonyl (C=O) groups is 1. The van der Waals surface area contributed by atoms with Crippen molar-refractivity contribution in [1.29, 1.82) is 0 Å². The molecule has 1 N–H and O–H groups in total. The molecule has 1 aliphatic heterocycles. The van der Waals surface area contributed by atoms with Crippen molar-refractivity contribution in [3.8, 4) is 5.75 Å². The summed E-state index contributed by atoms with van der Waals surface area (Å²) < 4.78 is 5.16. The van der Waals surface area contributed by atoms with Crippen LogP contribution < -0.4 is 10.1 Å². The van der Waals surface area contributed by atoms with Gasteiger partial charge in [0.1, 0.15) is 5.75 Å². The Hall–Kier alpha value is -2.18. The van der Waals surface area contributed by atoms with Crippen molar-refractivity contribution in [2.24, 2.45) is 11.0 Å². The van der Waals surface area contributed by atoms with E-state index in [1.807, 2.05) is 60.3 Å². The zero-order valence-corrected chi connectivity index (χ0v) is 18.3. The lowest BCUT2D eigenvalue weighted by molar-refractivity contribution is 0.215. The largest absolute Gasteiger partial charge is 0.497 e. The number of urea groups is 1. The van der Waals surface area contributed by atoms with E-state index in [1.54, 1.807) is 7.11 Å². The molecule has 0 bridgehead atoms. The first-order valence-corrected chi connectivity index (χ1v) is 11.3. The van der Waals surface area contributed by atoms with E-state index in [1.165, 1.54) is 5.01 Å². The van der Waals surface area contributed by atoms with Gasteiger partial charge in [0.15, 0.2) is 0 Å². The quantitative estimate of drug-likeness (QED) is 0.541. The second-order valence-electron chi connectivity index (χ2n) is 6.77. The van der Waals surface area contributed by atoms with Crippen LogP contribution in [0.15, 0.2) is 53.6 Å². The normalized spacial score (nSPS) is 15.9. The fourth-order valence-electron chi connectivity index (χ4n) is 3.26. The molecule has 1 unspecified atom stereocenters. The van der Waals surface area contributed by atoms with E-state index >= 15 is 0 Å². The summed E-state index contributed by atoms with van der Waals surface area (Å²) in [6, 6.07) is 14.7. The molecular formula is C22H26ClN3O2S. The van der Waals surface area contributed by atoms with Crippen LogP contribution in [-0.4, -0.2) is 41.9 Å². The van der Waals surface area contributed by atoms with Gasteiger partial charge in [0, 0.05) is 16.6 Å². The van der Waals surface area contributed by atoms with Crippen LogP contribution in [0.25, 0.3) is 0 Å². The number of benzene rings is 2. The summed E-state index contributed by atoms with van der Waals surface area (Å²) in [6.45, 7) is 2.75. The summed E-state index contributed by atoms with van der Waals surface area (Å²) in [7, 11) is 1.62. The molecule has 154 valence electrons. The van der Waals surface area contributed by atoms with Crippen LogP contribution in [0.4, 0.5) is 10.5 Å². The number of rotatable bonds is 8. The third-order valence-electron chi connectivity index (χ3n) is 4.77. The minimum absolute atomic E-state index is 0.218. The Balaban J connectivity index is 1.71. The molecule has 0 fully saturated rings. The highest BCUT2D eigenvalue weighted by Gasteiger charge is 2.30. The van der Waals surface area contributed by atoms with Crippen molar-refractivity contribution in [2.75, 3.05) is 30.5 Å². The number of hydrogen-bond acceptors (Lipinski definition) is 4. The predicted molar refractivity (Wildman–Crippen MR) is 122 cm³/mol. The van der Waals surface area contributed by atoms with E-state index in [2.05, 4.69) is 17.3 Å². The van der Waals surface area contributed by atoms with Gasteiger partial charge in [0.05, 0.1) is 19.4 Å². The number of halogens is 1. The minimum atomic E-state index is -0.230. The molecule has 2 amide bonds. The fourth-order valence-corrected chi connectivity index (χ4v) is 4.04. The number of methoxy groups -OCH3 is 1. The predicted octanol–water partition coefficient (Wildman–Crippen LogP) is 5.75. The van der Waals surface area contributed by atoms with E-state index in [0.29, 0.717) is 17.3 Å². The lowest BCUT2D eigenvalue weighted by Crippen LogP contribution is -2.30. The molecule has 3 rings (SSSR count). The summed E-state index contributed by atoms with van der Waals surface area (Å²) in [6.07, 6.45) is 2.10. The number of hydrazone groups is 1. The monoisotopic (exact) mass is 431 g/mol. The van der Waals surface area contributed by atoms with E-state index in [-0.39, 0.29) is 11.9 Å². The Morgan fingerprint density at radius 2 is 1.97 bits per heavy atom. The van der Waals surface area contributed by atoms with Crippen LogP contribution in [-0.2, 0) is 0 Å². The first-order valence-electron chi connectivity index (χ1n) is 9.75. The van der Waals surface area contributed by atoms with Gasteiger partial charge >= 0.3 is 6.03 Å². The standard InChI is InChI=1S/C22H26ClN3O2S/c1-3-29-14-4-5-17-15-26(25-21(17)16-6-8-18(23)9-7-16)22(27)24-19-10-12-20(28-2)13-11-19/h6-13,17H,3-5,14-15H2,1-2H3,(H,24,27). The third kappa shape index (κ3) is 5.90. The van der Waals surface area contributed by atoms with Crippen LogP contribution in [0.2, 0.25) is 5.02 Å². The molecule has 0 saturated carbocycles. The molecule has 1 heterocycles. The average Bonchev–Trinajstić information content (AvgIpc) is 3.17. The Kier molecular flexibility index (Phi) is 7.83. The first-order chi connectivity index (χ1) is 14.1. The highest BCUT2D eigenvalue weighted by molar-refractivity contribution is 7.99. The molecule has 2 aromatic rings. The molecule has 5 nitrogen and oxygen atoms in total. The number of anilines is 1. The molecule has 2 aromatic carbocycles. The second-order valence-corrected chi connectivity index (χ2v) is 8.60. The molecule has 0 aliphatic carbocycles. The average molecular weight is 432 g/mol. The van der Waals surface area contributed by atoms with E-state index in [9.17, 15) is 4.79 Å². The minimum Gasteiger partial charge on any atom is -0.497 e. The molecular weight excluding hydrogens is 406 g/mol. The highest BCUT2D eigenvalue weighted by atomic mass is 35.5. The summed E-state index contributed by atoms with van der Waals surface area (Å²) in [5.41, 5.74) is 2.68. The second kappa shape index (κ2) is 10.6. The van der Waals surface area contributed by atoms with Gasteiger partial charge in [-0.1, -0.05) is 30.7 Å². The fraction of sp³-hybridized carbons (Fsp3) is 0.364. The number of nitrogens with one attached hydrogen (secondary N) is 1. The molecule has 0 aromatic heterocycles. The Bertz CT molecular complexity index is 840. The maximum Gasteiger partial charge on any atom is 0.342 e. The van der Waals surface area contributed by atoms with Crippen molar-refractivity contribution in [1.82, 2.24) is 5.01 Å². The van der Waals surface area contributed by atoms with Gasteiger partial charge in [-0.05, 0) is 66.3 Å². The van der Waals surface area contributed by atoms with Crippen LogP contribution >= 0.6 is 23.4 Å². The van der Waals surface area contributed by atoms with E-state index in [0.717, 1.165) is 41.4 Å². The van der Waals surface area contributed by atoms with Gasteiger partial charge in [0.2, 0.25) is 0 Å². The van der Waals surface area contributed by atoms with Gasteiger partial charge in [0.25, 0.3) is 0 Å². The Morgan fingerprint density at radius 3 is 2.62 bits per heavy atom. The van der Waals surface area contributed by atoms with Crippen LogP contribution in [0.5, 0.6) is 5.75 Å². The van der Waals surface area contributed by atoms with Gasteiger partial charge in [-0.2, -0.15) is 16.9 Å². The number of hydrogen-bond donors (Lipinski definition) is 1. The molecule has 1 atom stereocenters. The van der Waals surface area contributed by atoms with Gasteiger partial charge in [-0.25, -0.2) is 9.80 Å². The smallest absolute Gasteiger partial charge is 0.342 e. The van der Waals surface area contributed by atoms with Gasteiger partial charge in [-0.3, -0.25) is 0 Å². The molecule has 7 heteroatoms. The summed E-state index contributed by atoms with van der Waals surface area (Å²) in [5, 5.41) is 9.80. The summed E-state index contributed by atoms with van der Waals surface area (Å²) in [5.74, 6) is 3.21. The van der Waals surface area contributed by atoms with Gasteiger partial charge < -0.3 is 10.1 Å². The summed E-state index contributed by atoms with van der Waals surface area (Å²) in [4.78, 5) is 12.8. The lowest BCUT2D eigenvalue weighted by atomic mass is 9.93. The first kappa shape index (κ1) is 21.5. The molecule has 0 radical (unpaired) electrons. The number of ether oxygens (including phenoxy) is 1. The van der Waals surface area contributed by atoms with Crippen LogP contribution in [0.1, 0.15) is 25.3 Å². The maximum atomic E-state index is 12.8. The number of thioether (sulfide) groups is 1. The topological polar surface area (TPSA) is 53.9 Å². The number of carbonyl (C=O) groups excluding carboxylic acids is 1. The van der Waals surface area contributed by atoms with E-state index in [4.69, 9.17) is 16.3 Å². The maximum absolute atomic E-state index is 12.8. The zero-order chi connectivity index (χ0) is 20.6. The van der Waals surface area contributed by atoms with E-state index < -0.39 is 0 Å². The van der Waals surface area contributed by atoms with Crippen LogP contribution in [0, 0.1) is 5.92 Å². The molecule has 29 heavy (non-hydrogen) atoms. The summed E-state index contributed by atoms with van der Waals surface area (Å²) >= 11 is 7.98. The zero-order valence-electron chi connectivity index (χ0n) is 16.7. The van der Waals surface area contributed by atoms with Crippen molar-refractivity contribution >= 4 is 40.8 Å².